The number of aryl methyl sites for hydroxylation is 1. The molecule has 4 rings (SSSR count). The Morgan fingerprint density at radius 1 is 1.24 bits per heavy atom. The number of amides is 4. The smallest absolute Gasteiger partial charge is 0.350 e. The summed E-state index contributed by atoms with van der Waals surface area (Å²) in [4.78, 5) is 58.1. The molecule has 2 aliphatic rings. The molecular formula is C23H25FN4O5S. The molecule has 2 fully saturated rings. The monoisotopic (exact) mass is 488 g/mol. The lowest BCUT2D eigenvalue weighted by Crippen LogP contribution is -2.46. The summed E-state index contributed by atoms with van der Waals surface area (Å²) in [7, 11) is 0. The van der Waals surface area contributed by atoms with E-state index in [4.69, 9.17) is 4.74 Å². The number of ether oxygens (including phenoxy) is 1. The number of hydrogen-bond donors (Lipinski definition) is 1. The molecule has 34 heavy (non-hydrogen) atoms. The van der Waals surface area contributed by atoms with Gasteiger partial charge in [-0.05, 0) is 44.4 Å². The molecule has 0 unspecified atom stereocenters. The number of carbonyl (C=O) groups is 4. The largest absolute Gasteiger partial charge is 0.462 e. The van der Waals surface area contributed by atoms with Crippen LogP contribution >= 0.6 is 11.3 Å². The number of urea groups is 1. The second-order valence-corrected chi connectivity index (χ2v) is 9.33. The second kappa shape index (κ2) is 9.49. The van der Waals surface area contributed by atoms with E-state index in [1.54, 1.807) is 13.8 Å². The van der Waals surface area contributed by atoms with Gasteiger partial charge >= 0.3 is 12.0 Å². The van der Waals surface area contributed by atoms with E-state index in [-0.39, 0.29) is 23.2 Å². The lowest BCUT2D eigenvalue weighted by molar-refractivity contribution is -0.134. The average Bonchev–Trinajstić information content (AvgIpc) is 3.48. The zero-order valence-electron chi connectivity index (χ0n) is 18.9. The number of thiazole rings is 1. The first-order valence-corrected chi connectivity index (χ1v) is 11.9. The van der Waals surface area contributed by atoms with E-state index in [9.17, 15) is 23.6 Å². The first-order chi connectivity index (χ1) is 16.2. The summed E-state index contributed by atoms with van der Waals surface area (Å²) >= 11 is 0.986. The Hall–Kier alpha value is -3.34. The van der Waals surface area contributed by atoms with Gasteiger partial charge in [0.15, 0.2) is 5.13 Å². The number of anilines is 1. The number of hydrogen-bond acceptors (Lipinski definition) is 7. The Kier molecular flexibility index (Phi) is 6.65. The third-order valence-electron chi connectivity index (χ3n) is 6.03. The Labute approximate surface area is 199 Å². The number of rotatable bonds is 7. The van der Waals surface area contributed by atoms with Crippen LogP contribution < -0.4 is 10.2 Å². The molecule has 0 atom stereocenters. The summed E-state index contributed by atoms with van der Waals surface area (Å²) in [6, 6.07) is 5.02. The van der Waals surface area contributed by atoms with Gasteiger partial charge in [0, 0.05) is 0 Å². The van der Waals surface area contributed by atoms with Crippen molar-refractivity contribution < 1.29 is 28.3 Å². The molecule has 2 aromatic rings. The van der Waals surface area contributed by atoms with E-state index in [0.717, 1.165) is 29.1 Å². The van der Waals surface area contributed by atoms with Gasteiger partial charge in [0.1, 0.15) is 22.8 Å². The van der Waals surface area contributed by atoms with Crippen LogP contribution in [-0.2, 0) is 20.9 Å². The van der Waals surface area contributed by atoms with Gasteiger partial charge in [-0.25, -0.2) is 19.0 Å². The van der Waals surface area contributed by atoms with Gasteiger partial charge < -0.3 is 10.1 Å². The quantitative estimate of drug-likeness (QED) is 0.474. The van der Waals surface area contributed by atoms with Crippen LogP contribution in [0, 0.1) is 12.7 Å². The fourth-order valence-corrected chi connectivity index (χ4v) is 5.25. The molecule has 1 saturated heterocycles. The molecule has 1 aromatic carbocycles. The van der Waals surface area contributed by atoms with Crippen molar-refractivity contribution in [1.82, 2.24) is 15.2 Å². The zero-order chi connectivity index (χ0) is 24.5. The van der Waals surface area contributed by atoms with Crippen molar-refractivity contribution in [2.24, 2.45) is 0 Å². The summed E-state index contributed by atoms with van der Waals surface area (Å²) in [6.45, 7) is 3.06. The highest BCUT2D eigenvalue weighted by Crippen LogP contribution is 2.35. The normalized spacial score (nSPS) is 16.7. The molecule has 180 valence electrons. The fraction of sp³-hybridized carbons (Fsp3) is 0.435. The molecule has 1 aromatic heterocycles. The summed E-state index contributed by atoms with van der Waals surface area (Å²) in [6.07, 6.45) is 2.77. The van der Waals surface area contributed by atoms with Crippen LogP contribution in [0.2, 0.25) is 0 Å². The van der Waals surface area contributed by atoms with E-state index in [1.807, 2.05) is 0 Å². The van der Waals surface area contributed by atoms with Crippen LogP contribution in [0.1, 0.15) is 53.5 Å². The van der Waals surface area contributed by atoms with Crippen LogP contribution in [0.15, 0.2) is 24.3 Å². The van der Waals surface area contributed by atoms with Crippen molar-refractivity contribution in [2.45, 2.75) is 51.6 Å². The predicted octanol–water partition coefficient (Wildman–Crippen LogP) is 3.17. The van der Waals surface area contributed by atoms with Crippen LogP contribution in [0.25, 0.3) is 0 Å². The maximum Gasteiger partial charge on any atom is 0.350 e. The standard InChI is InChI=1S/C23H25FN4O5S/c1-3-33-19(30)18-14(2)25-22(34-18)27(12-15-6-8-16(24)9-7-15)17(29)13-28-20(31)23(26-21(28)32)10-4-5-11-23/h6-9H,3-5,10-13H2,1-2H3,(H,26,32). The third kappa shape index (κ3) is 4.52. The van der Waals surface area contributed by atoms with Crippen LogP contribution in [0.3, 0.4) is 0 Å². The number of nitrogens with one attached hydrogen (secondary N) is 1. The SMILES string of the molecule is CCOC(=O)c1sc(N(Cc2ccc(F)cc2)C(=O)CN2C(=O)NC3(CCCC3)C2=O)nc1C. The number of imide groups is 1. The van der Waals surface area contributed by atoms with Crippen molar-refractivity contribution in [3.63, 3.8) is 0 Å². The minimum absolute atomic E-state index is 0.0170. The molecule has 4 amide bonds. The maximum atomic E-state index is 13.4. The topological polar surface area (TPSA) is 109 Å². The lowest BCUT2D eigenvalue weighted by Gasteiger charge is -2.23. The van der Waals surface area contributed by atoms with Crippen molar-refractivity contribution in [3.8, 4) is 0 Å². The molecule has 11 heteroatoms. The molecule has 1 N–H and O–H groups in total. The first kappa shape index (κ1) is 23.8. The van der Waals surface area contributed by atoms with E-state index in [1.165, 1.54) is 29.2 Å². The third-order valence-corrected chi connectivity index (χ3v) is 7.19. The molecule has 0 bridgehead atoms. The zero-order valence-corrected chi connectivity index (χ0v) is 19.7. The molecule has 9 nitrogen and oxygen atoms in total. The highest BCUT2D eigenvalue weighted by atomic mass is 32.1. The molecule has 1 aliphatic carbocycles. The van der Waals surface area contributed by atoms with Gasteiger partial charge in [-0.1, -0.05) is 36.3 Å². The van der Waals surface area contributed by atoms with E-state index < -0.39 is 41.7 Å². The number of nitrogens with zero attached hydrogens (tertiary/aromatic N) is 3. The molecular weight excluding hydrogens is 463 g/mol. The minimum Gasteiger partial charge on any atom is -0.462 e. The van der Waals surface area contributed by atoms with Crippen molar-refractivity contribution in [2.75, 3.05) is 18.1 Å². The Morgan fingerprint density at radius 3 is 2.56 bits per heavy atom. The van der Waals surface area contributed by atoms with Gasteiger partial charge in [0.05, 0.1) is 18.8 Å². The number of benzene rings is 1. The number of carbonyl (C=O) groups excluding carboxylic acids is 4. The highest BCUT2D eigenvalue weighted by molar-refractivity contribution is 7.17. The average molecular weight is 489 g/mol. The number of aromatic nitrogens is 1. The fourth-order valence-electron chi connectivity index (χ4n) is 4.28. The van der Waals surface area contributed by atoms with Crippen molar-refractivity contribution in [1.29, 1.82) is 0 Å². The molecule has 1 spiro atoms. The molecule has 0 radical (unpaired) electrons. The number of esters is 1. The minimum atomic E-state index is -0.923. The van der Waals surface area contributed by atoms with Gasteiger partial charge in [0.2, 0.25) is 5.91 Å². The Morgan fingerprint density at radius 2 is 1.91 bits per heavy atom. The van der Waals surface area contributed by atoms with Crippen LogP contribution in [0.5, 0.6) is 0 Å². The second-order valence-electron chi connectivity index (χ2n) is 8.35. The van der Waals surface area contributed by atoms with E-state index in [0.29, 0.717) is 24.1 Å². The molecule has 2 heterocycles. The Balaban J connectivity index is 1.61. The van der Waals surface area contributed by atoms with Crippen molar-refractivity contribution in [3.05, 3.63) is 46.2 Å². The summed E-state index contributed by atoms with van der Waals surface area (Å²) in [5.74, 6) is -1.91. The van der Waals surface area contributed by atoms with Crippen LogP contribution in [0.4, 0.5) is 14.3 Å². The molecule has 1 saturated carbocycles. The van der Waals surface area contributed by atoms with Gasteiger partial charge in [-0.15, -0.1) is 0 Å². The lowest BCUT2D eigenvalue weighted by atomic mass is 9.98. The van der Waals surface area contributed by atoms with Gasteiger partial charge in [-0.3, -0.25) is 19.4 Å². The maximum absolute atomic E-state index is 13.4. The van der Waals surface area contributed by atoms with Gasteiger partial charge in [0.25, 0.3) is 5.91 Å². The first-order valence-electron chi connectivity index (χ1n) is 11.1. The van der Waals surface area contributed by atoms with E-state index in [2.05, 4.69) is 10.3 Å². The van der Waals surface area contributed by atoms with Crippen molar-refractivity contribution >= 4 is 40.3 Å². The predicted molar refractivity (Wildman–Crippen MR) is 122 cm³/mol. The van der Waals surface area contributed by atoms with E-state index >= 15 is 0 Å². The highest BCUT2D eigenvalue weighted by Gasteiger charge is 2.53. The molecule has 1 aliphatic heterocycles. The summed E-state index contributed by atoms with van der Waals surface area (Å²) in [5.41, 5.74) is 0.0913. The van der Waals surface area contributed by atoms with Gasteiger partial charge in [-0.2, -0.15) is 0 Å². The number of halogens is 1. The Bertz CT molecular complexity index is 1130. The summed E-state index contributed by atoms with van der Waals surface area (Å²) in [5, 5.41) is 2.98. The summed E-state index contributed by atoms with van der Waals surface area (Å²) < 4.78 is 18.5. The van der Waals surface area contributed by atoms with Crippen LogP contribution in [-0.4, -0.2) is 52.4 Å².